The Bertz CT molecular complexity index is 1440. The summed E-state index contributed by atoms with van der Waals surface area (Å²) in [6.07, 6.45) is -2.11. The number of allylic oxidation sites excluding steroid dienone is 1. The summed E-state index contributed by atoms with van der Waals surface area (Å²) in [5, 5.41) is 6.04. The molecule has 0 atom stereocenters. The molecule has 0 bridgehead atoms. The highest BCUT2D eigenvalue weighted by Crippen LogP contribution is 2.33. The van der Waals surface area contributed by atoms with Gasteiger partial charge in [0.1, 0.15) is 24.4 Å². The molecular weight excluding hydrogens is 577 g/mol. The standard InChI is InChI=1S/C27H31F3N8O2.C3H4O/c1-31-16-21-25(38(20-7-5-6-18(14-20)32-2)26(39)24(35-21)27(28,29)30)34-17-33-19-8-9-22(23(15-19)40-4)37-12-10-36(3)11-13-37;1-2-3-4/h5-9,14-16,32-33H,1,10-13,17H2,2-4H3;2-3H,1H2/b21-16+,34-25+;. The van der Waals surface area contributed by atoms with Gasteiger partial charge in [-0.2, -0.15) is 13.2 Å². The summed E-state index contributed by atoms with van der Waals surface area (Å²) in [4.78, 5) is 39.2. The molecule has 0 unspecified atom stereocenters. The van der Waals surface area contributed by atoms with E-state index in [4.69, 9.17) is 9.53 Å². The largest absolute Gasteiger partial charge is 0.495 e. The number of aldehydes is 1. The zero-order chi connectivity index (χ0) is 32.3. The first kappa shape index (κ1) is 33.5. The Hall–Kier alpha value is -4.98. The van der Waals surface area contributed by atoms with E-state index in [9.17, 15) is 18.0 Å². The number of nitrogens with one attached hydrogen (secondary N) is 2. The predicted molar refractivity (Wildman–Crippen MR) is 169 cm³/mol. The van der Waals surface area contributed by atoms with Gasteiger partial charge in [-0.05, 0) is 50.2 Å². The van der Waals surface area contributed by atoms with Crippen molar-refractivity contribution in [1.29, 1.82) is 0 Å². The molecule has 2 heterocycles. The molecular formula is C30H35F3N8O3. The van der Waals surface area contributed by atoms with Crippen LogP contribution in [-0.2, 0) is 9.59 Å². The van der Waals surface area contributed by atoms with Gasteiger partial charge in [0.05, 0.1) is 24.7 Å². The summed E-state index contributed by atoms with van der Waals surface area (Å²) in [6, 6.07) is 12.0. The smallest absolute Gasteiger partial charge is 0.438 e. The van der Waals surface area contributed by atoms with E-state index >= 15 is 0 Å². The van der Waals surface area contributed by atoms with Crippen LogP contribution in [-0.4, -0.2) is 95.6 Å². The number of hydrogen-bond donors (Lipinski definition) is 2. The van der Waals surface area contributed by atoms with Gasteiger partial charge in [-0.3, -0.25) is 19.5 Å². The minimum atomic E-state index is -4.98. The Morgan fingerprint density at radius 3 is 2.41 bits per heavy atom. The Kier molecular flexibility index (Phi) is 11.8. The van der Waals surface area contributed by atoms with Gasteiger partial charge in [0.25, 0.3) is 5.91 Å². The number of ether oxygens (including phenoxy) is 1. The SMILES string of the molecule is C=CC=O.C=N/C=C1/N=C(C(F)(F)F)C(=O)N(c2cccc(NC)c2)/C1=N/CNc1ccc(N2CCN(C)CC2)c(OC)c1. The monoisotopic (exact) mass is 612 g/mol. The van der Waals surface area contributed by atoms with Crippen LogP contribution >= 0.6 is 0 Å². The van der Waals surface area contributed by atoms with Crippen molar-refractivity contribution in [3.05, 3.63) is 67.0 Å². The molecule has 4 rings (SSSR count). The lowest BCUT2D eigenvalue weighted by Gasteiger charge is -2.34. The quantitative estimate of drug-likeness (QED) is 0.248. The molecule has 2 aliphatic heterocycles. The van der Waals surface area contributed by atoms with E-state index in [0.29, 0.717) is 23.4 Å². The van der Waals surface area contributed by atoms with Crippen LogP contribution in [0.25, 0.3) is 0 Å². The highest BCUT2D eigenvalue weighted by atomic mass is 19.4. The lowest BCUT2D eigenvalue weighted by molar-refractivity contribution is -0.116. The Labute approximate surface area is 254 Å². The van der Waals surface area contributed by atoms with Crippen LogP contribution in [0.3, 0.4) is 0 Å². The molecule has 0 aliphatic carbocycles. The number of anilines is 4. The fourth-order valence-electron chi connectivity index (χ4n) is 4.39. The molecule has 0 aromatic heterocycles. The van der Waals surface area contributed by atoms with E-state index in [1.807, 2.05) is 18.2 Å². The molecule has 11 nitrogen and oxygen atoms in total. The third-order valence-electron chi connectivity index (χ3n) is 6.59. The number of hydrogen-bond acceptors (Lipinski definition) is 10. The third kappa shape index (κ3) is 8.31. The minimum absolute atomic E-state index is 0.0762. The molecule has 44 heavy (non-hydrogen) atoms. The van der Waals surface area contributed by atoms with Crippen molar-refractivity contribution in [1.82, 2.24) is 4.90 Å². The van der Waals surface area contributed by atoms with Crippen molar-refractivity contribution in [3.63, 3.8) is 0 Å². The fraction of sp³-hybridized carbons (Fsp3) is 0.300. The molecule has 2 aromatic carbocycles. The van der Waals surface area contributed by atoms with Crippen molar-refractivity contribution in [2.24, 2.45) is 15.0 Å². The summed E-state index contributed by atoms with van der Waals surface area (Å²) < 4.78 is 46.9. The van der Waals surface area contributed by atoms with Crippen LogP contribution in [0.1, 0.15) is 0 Å². The highest BCUT2D eigenvalue weighted by Gasteiger charge is 2.47. The van der Waals surface area contributed by atoms with E-state index in [2.05, 4.69) is 55.8 Å². The number of carbonyl (C=O) groups excluding carboxylic acids is 2. The Morgan fingerprint density at radius 2 is 1.82 bits per heavy atom. The van der Waals surface area contributed by atoms with Crippen molar-refractivity contribution in [2.75, 3.05) is 74.5 Å². The van der Waals surface area contributed by atoms with Crippen LogP contribution in [0, 0.1) is 0 Å². The maximum absolute atomic E-state index is 13.8. The van der Waals surface area contributed by atoms with Crippen molar-refractivity contribution < 1.29 is 27.5 Å². The number of alkyl halides is 3. The fourth-order valence-corrected chi connectivity index (χ4v) is 4.39. The van der Waals surface area contributed by atoms with Crippen LogP contribution in [0.5, 0.6) is 5.75 Å². The second kappa shape index (κ2) is 15.5. The minimum Gasteiger partial charge on any atom is -0.495 e. The molecule has 2 N–H and O–H groups in total. The third-order valence-corrected chi connectivity index (χ3v) is 6.59. The first-order valence-electron chi connectivity index (χ1n) is 13.5. The Balaban J connectivity index is 0.00000124. The van der Waals surface area contributed by atoms with Crippen LogP contribution in [0.2, 0.25) is 0 Å². The van der Waals surface area contributed by atoms with Gasteiger partial charge in [-0.15, -0.1) is 0 Å². The van der Waals surface area contributed by atoms with Gasteiger partial charge >= 0.3 is 6.18 Å². The van der Waals surface area contributed by atoms with Crippen molar-refractivity contribution >= 4 is 53.2 Å². The van der Waals surface area contributed by atoms with Crippen LogP contribution < -0.4 is 25.2 Å². The maximum Gasteiger partial charge on any atom is 0.438 e. The molecule has 2 aromatic rings. The molecule has 2 aliphatic rings. The number of benzene rings is 2. The maximum atomic E-state index is 13.8. The summed E-state index contributed by atoms with van der Waals surface area (Å²) in [5.41, 5.74) is 0.600. The lowest BCUT2D eigenvalue weighted by Crippen LogP contribution is -2.50. The Morgan fingerprint density at radius 1 is 1.11 bits per heavy atom. The molecule has 1 saturated heterocycles. The molecule has 1 amide bonds. The number of amides is 1. The molecule has 0 spiro atoms. The number of piperazine rings is 1. The number of halogens is 3. The van der Waals surface area contributed by atoms with Gasteiger partial charge in [-0.1, -0.05) is 12.6 Å². The van der Waals surface area contributed by atoms with Gasteiger partial charge < -0.3 is 25.2 Å². The molecule has 0 saturated carbocycles. The molecule has 14 heteroatoms. The first-order valence-corrected chi connectivity index (χ1v) is 13.5. The molecule has 234 valence electrons. The molecule has 0 radical (unpaired) electrons. The van der Waals surface area contributed by atoms with Gasteiger partial charge in [0, 0.05) is 50.7 Å². The van der Waals surface area contributed by atoms with Crippen LogP contribution in [0.4, 0.5) is 35.9 Å². The van der Waals surface area contributed by atoms with E-state index < -0.39 is 17.8 Å². The van der Waals surface area contributed by atoms with Gasteiger partial charge in [-0.25, -0.2) is 9.98 Å². The average Bonchev–Trinajstić information content (AvgIpc) is 3.02. The lowest BCUT2D eigenvalue weighted by atomic mass is 10.1. The molecule has 1 fully saturated rings. The summed E-state index contributed by atoms with van der Waals surface area (Å²) in [5.74, 6) is -0.775. The number of aliphatic imine (C=N–C) groups is 3. The van der Waals surface area contributed by atoms with Crippen molar-refractivity contribution in [3.8, 4) is 5.75 Å². The second-order valence-electron chi connectivity index (χ2n) is 9.46. The predicted octanol–water partition coefficient (Wildman–Crippen LogP) is 4.22. The number of methoxy groups -OCH3 is 1. The second-order valence-corrected chi connectivity index (χ2v) is 9.46. The topological polar surface area (TPSA) is 114 Å². The number of rotatable bonds is 9. The summed E-state index contributed by atoms with van der Waals surface area (Å²) >= 11 is 0. The van der Waals surface area contributed by atoms with E-state index in [1.165, 1.54) is 12.1 Å². The number of nitrogens with zero attached hydrogens (tertiary/aromatic N) is 6. The zero-order valence-electron chi connectivity index (χ0n) is 24.8. The van der Waals surface area contributed by atoms with Gasteiger partial charge in [0.2, 0.25) is 5.71 Å². The normalized spacial score (nSPS) is 17.4. The van der Waals surface area contributed by atoms with E-state index in [1.54, 1.807) is 32.4 Å². The van der Waals surface area contributed by atoms with E-state index in [-0.39, 0.29) is 23.9 Å². The van der Waals surface area contributed by atoms with Crippen molar-refractivity contribution in [2.45, 2.75) is 6.18 Å². The number of likely N-dealkylation sites (N-methyl/N-ethyl adjacent to an activating group) is 1. The number of amidine groups is 1. The zero-order valence-corrected chi connectivity index (χ0v) is 24.8. The summed E-state index contributed by atoms with van der Waals surface area (Å²) in [7, 11) is 5.34. The average molecular weight is 613 g/mol. The van der Waals surface area contributed by atoms with Crippen LogP contribution in [0.15, 0.2) is 82.0 Å². The highest BCUT2D eigenvalue weighted by molar-refractivity contribution is 6.53. The summed E-state index contributed by atoms with van der Waals surface area (Å²) in [6.45, 7) is 10.0. The van der Waals surface area contributed by atoms with E-state index in [0.717, 1.165) is 43.0 Å². The van der Waals surface area contributed by atoms with Gasteiger partial charge in [0.15, 0.2) is 5.84 Å². The first-order chi connectivity index (χ1) is 21.1. The number of carbonyl (C=O) groups is 2.